The van der Waals surface area contributed by atoms with E-state index < -0.39 is 0 Å². The van der Waals surface area contributed by atoms with E-state index in [2.05, 4.69) is 5.32 Å². The minimum atomic E-state index is -0.0859. The van der Waals surface area contributed by atoms with E-state index in [0.717, 1.165) is 25.9 Å². The van der Waals surface area contributed by atoms with E-state index in [9.17, 15) is 9.59 Å². The molecule has 0 radical (unpaired) electrons. The number of nitrogens with one attached hydrogen (secondary N) is 1. The summed E-state index contributed by atoms with van der Waals surface area (Å²) in [7, 11) is 0. The number of likely N-dealkylation sites (N-methyl/N-ethyl adjacent to an activating group) is 1. The Kier molecular flexibility index (Phi) is 5.95. The monoisotopic (exact) mass is 255 g/mol. The van der Waals surface area contributed by atoms with Crippen LogP contribution >= 0.6 is 0 Å². The molecule has 1 saturated heterocycles. The molecule has 1 heterocycles. The minimum Gasteiger partial charge on any atom is -0.352 e. The third kappa shape index (κ3) is 4.55. The van der Waals surface area contributed by atoms with Crippen LogP contribution in [0.2, 0.25) is 0 Å². The third-order valence-electron chi connectivity index (χ3n) is 3.06. The Labute approximate surface area is 110 Å². The van der Waals surface area contributed by atoms with Gasteiger partial charge in [0.05, 0.1) is 0 Å². The van der Waals surface area contributed by atoms with Gasteiger partial charge in [-0.15, -0.1) is 0 Å². The van der Waals surface area contributed by atoms with Crippen molar-refractivity contribution in [2.24, 2.45) is 0 Å². The molecule has 0 aliphatic carbocycles. The lowest BCUT2D eigenvalue weighted by atomic mass is 10.1. The Bertz CT molecular complexity index is 286. The normalized spacial score (nSPS) is 15.7. The highest BCUT2D eigenvalue weighted by Gasteiger charge is 2.23. The van der Waals surface area contributed by atoms with Crippen molar-refractivity contribution < 1.29 is 9.59 Å². The number of carbonyl (C=O) groups excluding carboxylic acids is 2. The number of hydrogen-bond acceptors (Lipinski definition) is 2. The van der Waals surface area contributed by atoms with Crippen LogP contribution in [0.15, 0.2) is 0 Å². The second kappa shape index (κ2) is 7.24. The maximum absolute atomic E-state index is 12.2. The number of rotatable bonds is 4. The van der Waals surface area contributed by atoms with E-state index in [1.54, 1.807) is 4.90 Å². The average Bonchev–Trinajstić information content (AvgIpc) is 2.35. The van der Waals surface area contributed by atoms with Crippen molar-refractivity contribution in [3.05, 3.63) is 0 Å². The number of amides is 3. The first-order valence-corrected chi connectivity index (χ1v) is 6.87. The zero-order valence-corrected chi connectivity index (χ0v) is 11.7. The van der Waals surface area contributed by atoms with Gasteiger partial charge in [0.25, 0.3) is 0 Å². The van der Waals surface area contributed by atoms with Crippen LogP contribution in [0.4, 0.5) is 4.79 Å². The zero-order chi connectivity index (χ0) is 13.5. The summed E-state index contributed by atoms with van der Waals surface area (Å²) in [6.07, 6.45) is 3.34. The largest absolute Gasteiger partial charge is 0.352 e. The molecule has 3 amide bonds. The van der Waals surface area contributed by atoms with Crippen LogP contribution in [0.1, 0.15) is 40.0 Å². The summed E-state index contributed by atoms with van der Waals surface area (Å²) in [4.78, 5) is 27.4. The highest BCUT2D eigenvalue weighted by atomic mass is 16.2. The van der Waals surface area contributed by atoms with Gasteiger partial charge in [0.2, 0.25) is 5.91 Å². The second-order valence-corrected chi connectivity index (χ2v) is 5.07. The van der Waals surface area contributed by atoms with Crippen molar-refractivity contribution in [3.8, 4) is 0 Å². The van der Waals surface area contributed by atoms with Gasteiger partial charge in [-0.25, -0.2) is 4.79 Å². The van der Waals surface area contributed by atoms with Gasteiger partial charge in [0, 0.05) is 25.7 Å². The van der Waals surface area contributed by atoms with Gasteiger partial charge < -0.3 is 15.1 Å². The first-order valence-electron chi connectivity index (χ1n) is 6.87. The number of nitrogens with zero attached hydrogens (tertiary/aromatic N) is 2. The molecule has 0 atom stereocenters. The van der Waals surface area contributed by atoms with Gasteiger partial charge in [-0.05, 0) is 40.0 Å². The van der Waals surface area contributed by atoms with Crippen molar-refractivity contribution in [2.45, 2.75) is 46.1 Å². The van der Waals surface area contributed by atoms with Crippen molar-refractivity contribution in [1.29, 1.82) is 0 Å². The molecule has 1 aliphatic rings. The van der Waals surface area contributed by atoms with Crippen LogP contribution in [0.25, 0.3) is 0 Å². The van der Waals surface area contributed by atoms with Gasteiger partial charge in [-0.3, -0.25) is 4.79 Å². The average molecular weight is 255 g/mol. The number of urea groups is 1. The summed E-state index contributed by atoms with van der Waals surface area (Å²) < 4.78 is 0. The first kappa shape index (κ1) is 14.8. The highest BCUT2D eigenvalue weighted by Crippen LogP contribution is 2.11. The quantitative estimate of drug-likeness (QED) is 0.826. The Morgan fingerprint density at radius 1 is 1.22 bits per heavy atom. The van der Waals surface area contributed by atoms with Gasteiger partial charge >= 0.3 is 6.03 Å². The molecular formula is C13H25N3O2. The van der Waals surface area contributed by atoms with Gasteiger partial charge in [-0.2, -0.15) is 0 Å². The van der Waals surface area contributed by atoms with Gasteiger partial charge in [0.1, 0.15) is 6.54 Å². The molecule has 104 valence electrons. The Balaban J connectivity index is 2.48. The maximum Gasteiger partial charge on any atom is 0.320 e. The maximum atomic E-state index is 12.2. The predicted molar refractivity (Wildman–Crippen MR) is 71.3 cm³/mol. The van der Waals surface area contributed by atoms with Crippen molar-refractivity contribution in [3.63, 3.8) is 0 Å². The van der Waals surface area contributed by atoms with Crippen molar-refractivity contribution in [2.75, 3.05) is 26.2 Å². The number of likely N-dealkylation sites (tertiary alicyclic amines) is 1. The lowest BCUT2D eigenvalue weighted by Crippen LogP contribution is -2.49. The fourth-order valence-electron chi connectivity index (χ4n) is 2.14. The summed E-state index contributed by atoms with van der Waals surface area (Å²) in [5.74, 6) is -0.0859. The molecule has 0 bridgehead atoms. The molecule has 5 nitrogen and oxygen atoms in total. The molecular weight excluding hydrogens is 230 g/mol. The van der Waals surface area contributed by atoms with Crippen LogP contribution in [0.3, 0.4) is 0 Å². The van der Waals surface area contributed by atoms with E-state index in [1.807, 2.05) is 25.7 Å². The van der Waals surface area contributed by atoms with Crippen LogP contribution in [0.5, 0.6) is 0 Å². The van der Waals surface area contributed by atoms with Crippen LogP contribution in [0, 0.1) is 0 Å². The molecule has 0 saturated carbocycles. The van der Waals surface area contributed by atoms with E-state index in [-0.39, 0.29) is 24.5 Å². The van der Waals surface area contributed by atoms with Gasteiger partial charge in [-0.1, -0.05) is 0 Å². The smallest absolute Gasteiger partial charge is 0.320 e. The van der Waals surface area contributed by atoms with E-state index in [1.165, 1.54) is 6.42 Å². The number of hydrogen-bond donors (Lipinski definition) is 1. The summed E-state index contributed by atoms with van der Waals surface area (Å²) in [5, 5.41) is 2.81. The molecule has 0 aromatic rings. The SMILES string of the molecule is CCN(CC(=O)NC(C)C)C(=O)N1CCCCC1. The second-order valence-electron chi connectivity index (χ2n) is 5.07. The Morgan fingerprint density at radius 3 is 2.33 bits per heavy atom. The summed E-state index contributed by atoms with van der Waals surface area (Å²) >= 11 is 0. The molecule has 0 aromatic carbocycles. The first-order chi connectivity index (χ1) is 8.54. The fourth-order valence-corrected chi connectivity index (χ4v) is 2.14. The van der Waals surface area contributed by atoms with Crippen molar-refractivity contribution in [1.82, 2.24) is 15.1 Å². The molecule has 0 aromatic heterocycles. The standard InChI is InChI=1S/C13H25N3O2/c1-4-15(10-12(17)14-11(2)3)13(18)16-8-6-5-7-9-16/h11H,4-10H2,1-3H3,(H,14,17). The molecule has 0 spiro atoms. The molecule has 18 heavy (non-hydrogen) atoms. The van der Waals surface area contributed by atoms with Crippen LogP contribution < -0.4 is 5.32 Å². The number of piperidine rings is 1. The summed E-state index contributed by atoms with van der Waals surface area (Å²) in [6, 6.07) is 0.109. The lowest BCUT2D eigenvalue weighted by molar-refractivity contribution is -0.122. The molecule has 1 fully saturated rings. The molecule has 1 rings (SSSR count). The van der Waals surface area contributed by atoms with Crippen molar-refractivity contribution >= 4 is 11.9 Å². The Morgan fingerprint density at radius 2 is 1.83 bits per heavy atom. The lowest BCUT2D eigenvalue weighted by Gasteiger charge is -2.32. The highest BCUT2D eigenvalue weighted by molar-refractivity contribution is 5.84. The molecule has 1 N–H and O–H groups in total. The molecule has 1 aliphatic heterocycles. The Hall–Kier alpha value is -1.26. The van der Waals surface area contributed by atoms with E-state index in [4.69, 9.17) is 0 Å². The van der Waals surface area contributed by atoms with Crippen LogP contribution in [-0.4, -0.2) is 54.0 Å². The summed E-state index contributed by atoms with van der Waals surface area (Å²) in [6.45, 7) is 8.11. The van der Waals surface area contributed by atoms with Gasteiger partial charge in [0.15, 0.2) is 0 Å². The van der Waals surface area contributed by atoms with Crippen LogP contribution in [-0.2, 0) is 4.79 Å². The summed E-state index contributed by atoms with van der Waals surface area (Å²) in [5.41, 5.74) is 0. The molecule has 5 heteroatoms. The van der Waals surface area contributed by atoms with E-state index >= 15 is 0 Å². The minimum absolute atomic E-state index is 0.00361. The third-order valence-corrected chi connectivity index (χ3v) is 3.06. The predicted octanol–water partition coefficient (Wildman–Crippen LogP) is 1.44. The van der Waals surface area contributed by atoms with E-state index in [0.29, 0.717) is 6.54 Å². The topological polar surface area (TPSA) is 52.7 Å². The fraction of sp³-hybridized carbons (Fsp3) is 0.846. The molecule has 0 unspecified atom stereocenters. The zero-order valence-electron chi connectivity index (χ0n) is 11.7. The number of carbonyl (C=O) groups is 2.